The molecule has 0 radical (unpaired) electrons. The molecule has 108 valence electrons. The van der Waals surface area contributed by atoms with Crippen LogP contribution in [0.2, 0.25) is 10.0 Å². The van der Waals surface area contributed by atoms with Crippen molar-refractivity contribution in [2.75, 3.05) is 0 Å². The summed E-state index contributed by atoms with van der Waals surface area (Å²) in [7, 11) is -3.81. The van der Waals surface area contributed by atoms with Crippen molar-refractivity contribution in [2.45, 2.75) is 4.90 Å². The molecule has 0 atom stereocenters. The highest BCUT2D eigenvalue weighted by molar-refractivity contribution is 7.89. The Kier molecular flexibility index (Phi) is 3.41. The van der Waals surface area contributed by atoms with Crippen molar-refractivity contribution in [3.05, 3.63) is 46.4 Å². The van der Waals surface area contributed by atoms with Gasteiger partial charge < -0.3 is 4.42 Å². The van der Waals surface area contributed by atoms with Crippen LogP contribution in [-0.2, 0) is 10.0 Å². The van der Waals surface area contributed by atoms with E-state index in [9.17, 15) is 8.42 Å². The average Bonchev–Trinajstić information content (AvgIpc) is 2.80. The average molecular weight is 343 g/mol. The molecule has 3 aromatic rings. The van der Waals surface area contributed by atoms with Gasteiger partial charge in [0.25, 0.3) is 0 Å². The lowest BCUT2D eigenvalue weighted by Gasteiger charge is -2.02. The third-order valence-electron chi connectivity index (χ3n) is 2.85. The molecule has 0 saturated carbocycles. The van der Waals surface area contributed by atoms with Crippen LogP contribution >= 0.6 is 23.2 Å². The van der Waals surface area contributed by atoms with Gasteiger partial charge in [-0.3, -0.25) is 0 Å². The fourth-order valence-electron chi connectivity index (χ4n) is 1.86. The van der Waals surface area contributed by atoms with Crippen LogP contribution in [0.25, 0.3) is 22.6 Å². The van der Waals surface area contributed by atoms with Crippen LogP contribution < -0.4 is 5.14 Å². The number of hydrogen-bond donors (Lipinski definition) is 1. The van der Waals surface area contributed by atoms with E-state index in [4.69, 9.17) is 32.8 Å². The maximum Gasteiger partial charge on any atom is 0.238 e. The van der Waals surface area contributed by atoms with E-state index >= 15 is 0 Å². The number of aromatic nitrogens is 1. The van der Waals surface area contributed by atoms with Crippen LogP contribution in [0.15, 0.2) is 45.7 Å². The Balaban J connectivity index is 2.14. The first kappa shape index (κ1) is 14.3. The first-order valence-corrected chi connectivity index (χ1v) is 8.03. The summed E-state index contributed by atoms with van der Waals surface area (Å²) in [5.74, 6) is 0.276. The van der Waals surface area contributed by atoms with Crippen LogP contribution in [-0.4, -0.2) is 13.4 Å². The summed E-state index contributed by atoms with van der Waals surface area (Å²) in [6.45, 7) is 0. The normalized spacial score (nSPS) is 12.0. The molecule has 0 aliphatic heterocycles. The lowest BCUT2D eigenvalue weighted by Crippen LogP contribution is -2.11. The summed E-state index contributed by atoms with van der Waals surface area (Å²) < 4.78 is 28.1. The summed E-state index contributed by atoms with van der Waals surface area (Å²) in [6.07, 6.45) is 0. The zero-order chi connectivity index (χ0) is 15.2. The van der Waals surface area contributed by atoms with Crippen molar-refractivity contribution >= 4 is 44.3 Å². The second-order valence-corrected chi connectivity index (χ2v) is 6.72. The summed E-state index contributed by atoms with van der Waals surface area (Å²) in [5, 5.41) is 5.76. The van der Waals surface area contributed by atoms with Crippen LogP contribution in [0, 0.1) is 0 Å². The standard InChI is InChI=1S/C13H8Cl2N2O3S/c14-7-1-4-11-12(5-7)20-13(17-11)9-3-2-8(6-10(9)15)21(16,18)19/h1-6H,(H2,16,18,19). The van der Waals surface area contributed by atoms with E-state index in [0.717, 1.165) is 0 Å². The van der Waals surface area contributed by atoms with E-state index in [2.05, 4.69) is 4.98 Å². The van der Waals surface area contributed by atoms with Crippen molar-refractivity contribution < 1.29 is 12.8 Å². The molecular weight excluding hydrogens is 335 g/mol. The van der Waals surface area contributed by atoms with E-state index in [0.29, 0.717) is 21.7 Å². The highest BCUT2D eigenvalue weighted by atomic mass is 35.5. The molecule has 8 heteroatoms. The topological polar surface area (TPSA) is 86.2 Å². The maximum atomic E-state index is 11.3. The van der Waals surface area contributed by atoms with Crippen LogP contribution in [0.4, 0.5) is 0 Å². The van der Waals surface area contributed by atoms with Crippen LogP contribution in [0.1, 0.15) is 0 Å². The predicted octanol–water partition coefficient (Wildman–Crippen LogP) is 3.45. The Bertz CT molecular complexity index is 951. The fourth-order valence-corrected chi connectivity index (χ4v) is 2.89. The molecule has 3 rings (SSSR count). The van der Waals surface area contributed by atoms with Crippen molar-refractivity contribution in [1.82, 2.24) is 4.98 Å². The number of halogens is 2. The van der Waals surface area contributed by atoms with Gasteiger partial charge in [0.1, 0.15) is 5.52 Å². The van der Waals surface area contributed by atoms with Crippen molar-refractivity contribution in [2.24, 2.45) is 5.14 Å². The van der Waals surface area contributed by atoms with Gasteiger partial charge in [-0.15, -0.1) is 0 Å². The zero-order valence-electron chi connectivity index (χ0n) is 10.4. The summed E-state index contributed by atoms with van der Waals surface area (Å²) in [4.78, 5) is 4.21. The molecule has 0 saturated heterocycles. The largest absolute Gasteiger partial charge is 0.436 e. The number of primary sulfonamides is 1. The minimum atomic E-state index is -3.81. The van der Waals surface area contributed by atoms with Gasteiger partial charge in [-0.1, -0.05) is 23.2 Å². The van der Waals surface area contributed by atoms with Gasteiger partial charge >= 0.3 is 0 Å². The van der Waals surface area contributed by atoms with Gasteiger partial charge in [-0.25, -0.2) is 18.5 Å². The third-order valence-corrected chi connectivity index (χ3v) is 4.31. The molecule has 0 bridgehead atoms. The first-order valence-electron chi connectivity index (χ1n) is 5.73. The van der Waals surface area contributed by atoms with E-state index < -0.39 is 10.0 Å². The van der Waals surface area contributed by atoms with E-state index in [1.807, 2.05) is 0 Å². The number of oxazole rings is 1. The number of fused-ring (bicyclic) bond motifs is 1. The van der Waals surface area contributed by atoms with Crippen LogP contribution in [0.5, 0.6) is 0 Å². The first-order chi connectivity index (χ1) is 9.84. The number of hydrogen-bond acceptors (Lipinski definition) is 4. The van der Waals surface area contributed by atoms with E-state index in [1.165, 1.54) is 18.2 Å². The van der Waals surface area contributed by atoms with Gasteiger partial charge in [0, 0.05) is 11.1 Å². The smallest absolute Gasteiger partial charge is 0.238 e. The quantitative estimate of drug-likeness (QED) is 0.772. The number of benzene rings is 2. The molecule has 0 unspecified atom stereocenters. The van der Waals surface area contributed by atoms with E-state index in [-0.39, 0.29) is 15.8 Å². The van der Waals surface area contributed by atoms with E-state index in [1.54, 1.807) is 18.2 Å². The maximum absolute atomic E-state index is 11.3. The molecule has 0 aliphatic rings. The molecule has 1 aromatic heterocycles. The Morgan fingerprint density at radius 2 is 1.86 bits per heavy atom. The minimum Gasteiger partial charge on any atom is -0.436 e. The van der Waals surface area contributed by atoms with Crippen molar-refractivity contribution in [1.29, 1.82) is 0 Å². The molecule has 5 nitrogen and oxygen atoms in total. The highest BCUT2D eigenvalue weighted by Gasteiger charge is 2.15. The summed E-state index contributed by atoms with van der Waals surface area (Å²) in [6, 6.07) is 9.15. The predicted molar refractivity (Wildman–Crippen MR) is 80.8 cm³/mol. The molecule has 2 N–H and O–H groups in total. The second kappa shape index (κ2) is 4.99. The monoisotopic (exact) mass is 342 g/mol. The number of nitrogens with two attached hydrogens (primary N) is 1. The lowest BCUT2D eigenvalue weighted by atomic mass is 10.2. The van der Waals surface area contributed by atoms with Gasteiger partial charge in [-0.05, 0) is 30.3 Å². The molecule has 21 heavy (non-hydrogen) atoms. The Morgan fingerprint density at radius 1 is 1.10 bits per heavy atom. The van der Waals surface area contributed by atoms with Gasteiger partial charge in [-0.2, -0.15) is 0 Å². The van der Waals surface area contributed by atoms with Gasteiger partial charge in [0.15, 0.2) is 5.58 Å². The Labute approximate surface area is 130 Å². The zero-order valence-corrected chi connectivity index (χ0v) is 12.7. The molecular formula is C13H8Cl2N2O3S. The Morgan fingerprint density at radius 3 is 2.52 bits per heavy atom. The molecule has 0 amide bonds. The molecule has 0 fully saturated rings. The van der Waals surface area contributed by atoms with Gasteiger partial charge in [0.05, 0.1) is 15.5 Å². The number of nitrogens with zero attached hydrogens (tertiary/aromatic N) is 1. The highest BCUT2D eigenvalue weighted by Crippen LogP contribution is 2.32. The summed E-state index contributed by atoms with van der Waals surface area (Å²) >= 11 is 12.0. The third kappa shape index (κ3) is 2.75. The van der Waals surface area contributed by atoms with Crippen molar-refractivity contribution in [3.8, 4) is 11.5 Å². The fraction of sp³-hybridized carbons (Fsp3) is 0. The lowest BCUT2D eigenvalue weighted by molar-refractivity contribution is 0.597. The minimum absolute atomic E-state index is 0.0737. The molecule has 2 aromatic carbocycles. The molecule has 0 spiro atoms. The number of sulfonamides is 1. The van der Waals surface area contributed by atoms with Crippen LogP contribution in [0.3, 0.4) is 0 Å². The van der Waals surface area contributed by atoms with Gasteiger partial charge in [0.2, 0.25) is 15.9 Å². The molecule has 1 heterocycles. The SMILES string of the molecule is NS(=O)(=O)c1ccc(-c2nc3ccc(Cl)cc3o2)c(Cl)c1. The number of rotatable bonds is 2. The molecule has 0 aliphatic carbocycles. The van der Waals surface area contributed by atoms with Crippen molar-refractivity contribution in [3.63, 3.8) is 0 Å². The Hall–Kier alpha value is -1.60. The second-order valence-electron chi connectivity index (χ2n) is 4.32. The summed E-state index contributed by atoms with van der Waals surface area (Å²) in [5.41, 5.74) is 1.61.